The van der Waals surface area contributed by atoms with Crippen molar-refractivity contribution >= 4 is 23.5 Å². The van der Waals surface area contributed by atoms with Crippen LogP contribution in [-0.4, -0.2) is 34.0 Å². The fourth-order valence-corrected chi connectivity index (χ4v) is 5.80. The number of aliphatic hydroxyl groups is 1. The molecule has 190 valence electrons. The molecule has 0 aromatic heterocycles. The Morgan fingerprint density at radius 3 is 2.26 bits per heavy atom. The first-order valence-electron chi connectivity index (χ1n) is 12.4. The van der Waals surface area contributed by atoms with Crippen LogP contribution < -0.4 is 5.32 Å². The number of fused-ring (bicyclic) bond motifs is 3. The lowest BCUT2D eigenvalue weighted by Gasteiger charge is -2.42. The molecular formula is C32H28N2O4. The molecule has 1 amide bonds. The molecule has 3 aromatic carbocycles. The van der Waals surface area contributed by atoms with Crippen LogP contribution in [0.2, 0.25) is 0 Å². The van der Waals surface area contributed by atoms with E-state index in [9.17, 15) is 19.5 Å². The van der Waals surface area contributed by atoms with Crippen molar-refractivity contribution in [2.24, 2.45) is 5.41 Å². The van der Waals surface area contributed by atoms with Crippen LogP contribution in [0.25, 0.3) is 6.08 Å². The minimum Gasteiger partial charge on any atom is -0.377 e. The Hall–Kier alpha value is -4.55. The number of nitrogens with one attached hydrogen (secondary N) is 1. The number of hydrogen-bond acceptors (Lipinski definition) is 5. The van der Waals surface area contributed by atoms with Gasteiger partial charge in [-0.05, 0) is 29.7 Å². The van der Waals surface area contributed by atoms with Crippen molar-refractivity contribution in [2.45, 2.75) is 18.6 Å². The standard InChI is InChI=1S/C32H28N2O4/c1-3-19-33-30(37)31(22(2)35)29-26-17-11-10-12-23(26)18-20-34(29)28(21-27(36)24-13-6-4-7-14-24)32(31,38)25-15-8-5-9-16-25/h3-18,20-21,29,38H,1,19H2,2H3,(H,33,37)/b28-21+. The Bertz CT molecular complexity index is 1480. The van der Waals surface area contributed by atoms with Crippen LogP contribution in [0.5, 0.6) is 0 Å². The lowest BCUT2D eigenvalue weighted by atomic mass is 9.61. The molecule has 2 N–H and O–H groups in total. The molecule has 0 saturated carbocycles. The number of carbonyl (C=O) groups excluding carboxylic acids is 3. The summed E-state index contributed by atoms with van der Waals surface area (Å²) in [6, 6.07) is 23.8. The number of benzene rings is 3. The summed E-state index contributed by atoms with van der Waals surface area (Å²) in [5.74, 6) is -1.53. The van der Waals surface area contributed by atoms with Gasteiger partial charge in [0.2, 0.25) is 5.91 Å². The van der Waals surface area contributed by atoms with Crippen molar-refractivity contribution in [3.8, 4) is 0 Å². The third-order valence-corrected chi connectivity index (χ3v) is 7.45. The second kappa shape index (κ2) is 9.72. The molecule has 0 bridgehead atoms. The van der Waals surface area contributed by atoms with Gasteiger partial charge in [0, 0.05) is 24.4 Å². The average molecular weight is 505 g/mol. The highest BCUT2D eigenvalue weighted by Gasteiger charge is 2.73. The number of hydrogen-bond donors (Lipinski definition) is 2. The molecule has 3 unspecified atom stereocenters. The van der Waals surface area contributed by atoms with E-state index in [4.69, 9.17) is 0 Å². The van der Waals surface area contributed by atoms with Crippen LogP contribution in [0.1, 0.15) is 40.0 Å². The predicted molar refractivity (Wildman–Crippen MR) is 146 cm³/mol. The van der Waals surface area contributed by atoms with Gasteiger partial charge in [0.25, 0.3) is 0 Å². The molecule has 2 heterocycles. The Kier molecular flexibility index (Phi) is 6.43. The Morgan fingerprint density at radius 2 is 1.61 bits per heavy atom. The number of nitrogens with zero attached hydrogens (tertiary/aromatic N) is 1. The molecule has 38 heavy (non-hydrogen) atoms. The number of Topliss-reactive ketones (excluding diaryl/α,β-unsaturated/α-hetero) is 1. The molecule has 1 saturated heterocycles. The first-order chi connectivity index (χ1) is 18.4. The van der Waals surface area contributed by atoms with Gasteiger partial charge in [-0.25, -0.2) is 0 Å². The van der Waals surface area contributed by atoms with E-state index in [2.05, 4.69) is 11.9 Å². The summed E-state index contributed by atoms with van der Waals surface area (Å²) in [6.07, 6.45) is 6.45. The van der Waals surface area contributed by atoms with Gasteiger partial charge in [-0.2, -0.15) is 0 Å². The molecule has 3 atom stereocenters. The second-order valence-electron chi connectivity index (χ2n) is 9.45. The van der Waals surface area contributed by atoms with Crippen LogP contribution >= 0.6 is 0 Å². The van der Waals surface area contributed by atoms with Crippen molar-refractivity contribution < 1.29 is 19.5 Å². The third kappa shape index (κ3) is 3.56. The molecule has 5 rings (SSSR count). The Labute approximate surface area is 221 Å². The minimum absolute atomic E-state index is 0.102. The highest BCUT2D eigenvalue weighted by molar-refractivity contribution is 6.11. The minimum atomic E-state index is -2.18. The fraction of sp³-hybridized carbons (Fsp3) is 0.156. The fourth-order valence-electron chi connectivity index (χ4n) is 5.80. The highest BCUT2D eigenvalue weighted by Crippen LogP contribution is 2.64. The summed E-state index contributed by atoms with van der Waals surface area (Å²) >= 11 is 0. The smallest absolute Gasteiger partial charge is 0.240 e. The largest absolute Gasteiger partial charge is 0.377 e. The van der Waals surface area contributed by atoms with Crippen molar-refractivity contribution in [2.75, 3.05) is 6.54 Å². The van der Waals surface area contributed by atoms with E-state index in [0.29, 0.717) is 16.7 Å². The monoisotopic (exact) mass is 504 g/mol. The first kappa shape index (κ1) is 25.1. The summed E-state index contributed by atoms with van der Waals surface area (Å²) in [6.45, 7) is 5.11. The van der Waals surface area contributed by atoms with E-state index in [1.54, 1.807) is 65.7 Å². The summed E-state index contributed by atoms with van der Waals surface area (Å²) in [4.78, 5) is 43.4. The highest BCUT2D eigenvalue weighted by atomic mass is 16.3. The maximum absolute atomic E-state index is 14.2. The van der Waals surface area contributed by atoms with Gasteiger partial charge in [0.1, 0.15) is 0 Å². The lowest BCUT2D eigenvalue weighted by molar-refractivity contribution is -0.158. The van der Waals surface area contributed by atoms with Gasteiger partial charge in [-0.15, -0.1) is 6.58 Å². The number of ketones is 2. The van der Waals surface area contributed by atoms with Gasteiger partial charge < -0.3 is 15.3 Å². The van der Waals surface area contributed by atoms with Crippen LogP contribution in [0.3, 0.4) is 0 Å². The Balaban J connectivity index is 1.88. The molecular weight excluding hydrogens is 476 g/mol. The normalized spacial score (nSPS) is 24.4. The van der Waals surface area contributed by atoms with Gasteiger partial charge in [0.05, 0.1) is 11.7 Å². The van der Waals surface area contributed by atoms with E-state index in [0.717, 1.165) is 5.56 Å². The van der Waals surface area contributed by atoms with E-state index in [-0.39, 0.29) is 18.0 Å². The zero-order valence-corrected chi connectivity index (χ0v) is 21.0. The molecule has 3 aromatic rings. The molecule has 0 aliphatic carbocycles. The summed E-state index contributed by atoms with van der Waals surface area (Å²) in [7, 11) is 0. The van der Waals surface area contributed by atoms with Gasteiger partial charge in [-0.3, -0.25) is 14.4 Å². The average Bonchev–Trinajstić information content (AvgIpc) is 3.19. The van der Waals surface area contributed by atoms with Gasteiger partial charge in [0.15, 0.2) is 22.6 Å². The maximum atomic E-state index is 14.2. The van der Waals surface area contributed by atoms with Crippen LogP contribution in [-0.2, 0) is 15.2 Å². The van der Waals surface area contributed by atoms with Crippen LogP contribution in [0, 0.1) is 5.41 Å². The van der Waals surface area contributed by atoms with Crippen molar-refractivity contribution in [3.05, 3.63) is 138 Å². The van der Waals surface area contributed by atoms with Crippen LogP contribution in [0.15, 0.2) is 116 Å². The third-order valence-electron chi connectivity index (χ3n) is 7.45. The summed E-state index contributed by atoms with van der Waals surface area (Å²) in [5, 5.41) is 15.7. The van der Waals surface area contributed by atoms with Crippen molar-refractivity contribution in [3.63, 3.8) is 0 Å². The number of allylic oxidation sites excluding steroid dienone is 1. The molecule has 2 aliphatic heterocycles. The second-order valence-corrected chi connectivity index (χ2v) is 9.45. The van der Waals surface area contributed by atoms with Gasteiger partial charge in [-0.1, -0.05) is 91.0 Å². The summed E-state index contributed by atoms with van der Waals surface area (Å²) < 4.78 is 0. The topological polar surface area (TPSA) is 86.7 Å². The first-order valence-corrected chi connectivity index (χ1v) is 12.4. The van der Waals surface area contributed by atoms with E-state index in [1.165, 1.54) is 19.1 Å². The van der Waals surface area contributed by atoms with E-state index in [1.807, 2.05) is 36.4 Å². The quantitative estimate of drug-likeness (QED) is 0.213. The number of rotatable bonds is 7. The molecule has 0 radical (unpaired) electrons. The molecule has 6 nitrogen and oxygen atoms in total. The summed E-state index contributed by atoms with van der Waals surface area (Å²) in [5.41, 5.74) is -1.78. The van der Waals surface area contributed by atoms with Gasteiger partial charge >= 0.3 is 0 Å². The zero-order valence-electron chi connectivity index (χ0n) is 21.0. The van der Waals surface area contributed by atoms with Crippen molar-refractivity contribution in [1.82, 2.24) is 10.2 Å². The Morgan fingerprint density at radius 1 is 0.974 bits per heavy atom. The van der Waals surface area contributed by atoms with Crippen LogP contribution in [0.4, 0.5) is 0 Å². The van der Waals surface area contributed by atoms with E-state index >= 15 is 0 Å². The van der Waals surface area contributed by atoms with E-state index < -0.39 is 28.7 Å². The molecule has 6 heteroatoms. The molecule has 1 fully saturated rings. The molecule has 2 aliphatic rings. The molecule has 0 spiro atoms. The zero-order chi connectivity index (χ0) is 26.9. The maximum Gasteiger partial charge on any atom is 0.240 e. The number of carbonyl (C=O) groups is 3. The predicted octanol–water partition coefficient (Wildman–Crippen LogP) is 4.56. The lowest BCUT2D eigenvalue weighted by Crippen LogP contribution is -2.59. The number of amides is 1. The SMILES string of the molecule is C=CCNC(=O)C1(C(C)=O)C2c3ccccc3C=CN2/C(=C/C(=O)c2ccccc2)C1(O)c1ccccc1. The van der Waals surface area contributed by atoms with Crippen molar-refractivity contribution in [1.29, 1.82) is 0 Å².